The van der Waals surface area contributed by atoms with E-state index in [1.54, 1.807) is 6.92 Å². The molecule has 36 nitrogen and oxygen atoms in total. The van der Waals surface area contributed by atoms with Crippen LogP contribution in [0.1, 0.15) is 285 Å². The number of ether oxygens (including phenoxy) is 4. The van der Waals surface area contributed by atoms with Gasteiger partial charge < -0.3 is 109 Å². The zero-order valence-electron chi connectivity index (χ0n) is 81.3. The second kappa shape index (κ2) is 64.7. The van der Waals surface area contributed by atoms with Gasteiger partial charge in [-0.3, -0.25) is 57.0 Å². The Kier molecular flexibility index (Phi) is 58.8. The number of unbranched alkanes of at least 4 members (excludes halogenated alkanes) is 1. The number of rotatable bonds is 65. The Morgan fingerprint density at radius 3 is 1.24 bits per heavy atom. The van der Waals surface area contributed by atoms with E-state index in [0.29, 0.717) is 12.8 Å². The molecule has 0 aromatic heterocycles. The monoisotopic (exact) mass is 1920 g/mol. The van der Waals surface area contributed by atoms with Crippen LogP contribution in [0, 0.1) is 0 Å². The Labute approximate surface area is 786 Å². The van der Waals surface area contributed by atoms with Crippen LogP contribution in [0.3, 0.4) is 0 Å². The highest BCUT2D eigenvalue weighted by Gasteiger charge is 2.55. The van der Waals surface area contributed by atoms with E-state index < -0.39 is 205 Å². The number of hydrogen-bond donors (Lipinski definition) is 17. The maximum atomic E-state index is 14.2. The number of aliphatic hydroxyl groups excluding tert-OH is 4. The lowest BCUT2D eigenvalue weighted by Gasteiger charge is -2.49. The van der Waals surface area contributed by atoms with Crippen LogP contribution >= 0.6 is 15.6 Å². The highest BCUT2D eigenvalue weighted by Crippen LogP contribution is 2.61. The van der Waals surface area contributed by atoms with Crippen molar-refractivity contribution in [3.63, 3.8) is 0 Å². The van der Waals surface area contributed by atoms with Gasteiger partial charge in [-0.1, -0.05) is 128 Å². The molecule has 2 rings (SSSR count). The second-order valence-corrected chi connectivity index (χ2v) is 38.3. The molecule has 0 radical (unpaired) electrons. The second-order valence-electron chi connectivity index (χ2n) is 35.3. The average molecular weight is 1920 g/mol. The standard InChI is InChI=1S/C95H158N10O26P2/c1-59(2)30-20-31-60(3)32-21-33-61(4)34-22-35-62(5)36-23-37-63(6)38-24-39-64(7)40-25-41-65(8)42-26-43-66(9)44-27-45-67(10)46-28-47-68(11)48-29-49-69(12)53-55-125-132(121,122)131-133(123,124)130-95-83(103-74(17)109)87(86(79(58-107)128-95)129-94-82(102-73(16)108)85(113)84(112)78(57-106)127-94)126-72(15)91(117)100-70(13)90(116)105-76(89(98)115)51-52-80(110)104-77(92(118)101-71(14)93(119)120)50-18-19-54-99-81(111)56-75(96)88(97)114/h30,32,34,36,38,40,42,44,46,48,53,70-72,75-79,82-87,94-95,106-107,112-113H,18-29,31,33,35,37,39,41,43,45,47,49-52,54-58,96H2,1-17H3,(H2,97,114)(H2,98,115)(H,99,111)(H,100,117)(H,101,118)(H,102,108)(H,103,109)(H,104,110)(H,105,116)(H,119,120)(H,121,122)(H,123,124)/b60-32+,61-34+,62-36-,63-38-,64-40-,65-42-,66-44-,67-46-,68-48-,69-53-/t70-,71-,72+,75+,76+,77+,78+,79+,82+,83+,84+,85+,86+,87+,94-,95+/m0/s1. The van der Waals surface area contributed by atoms with Gasteiger partial charge in [-0.25, -0.2) is 9.13 Å². The summed E-state index contributed by atoms with van der Waals surface area (Å²) in [5.41, 5.74) is 31.0. The number of aliphatic carboxylic acids is 1. The maximum absolute atomic E-state index is 14.2. The normalized spacial score (nSPS) is 22.2. The molecule has 2 aliphatic heterocycles. The molecule has 2 fully saturated rings. The first-order chi connectivity index (χ1) is 62.5. The molecular formula is C95H158N10O26P2. The van der Waals surface area contributed by atoms with Crippen molar-refractivity contribution < 1.29 is 125 Å². The van der Waals surface area contributed by atoms with Crippen LogP contribution in [0.4, 0.5) is 0 Å². The van der Waals surface area contributed by atoms with Crippen LogP contribution in [0.5, 0.6) is 0 Å². The third kappa shape index (κ3) is 52.6. The summed E-state index contributed by atoms with van der Waals surface area (Å²) in [4.78, 5) is 150. The van der Waals surface area contributed by atoms with Crippen molar-refractivity contribution in [2.45, 2.75) is 382 Å². The van der Waals surface area contributed by atoms with E-state index in [0.717, 1.165) is 154 Å². The summed E-state index contributed by atoms with van der Waals surface area (Å²) in [6.07, 6.45) is 26.3. The molecule has 38 heteroatoms. The number of nitrogens with two attached hydrogens (primary N) is 3. The lowest BCUT2D eigenvalue weighted by molar-refractivity contribution is -0.331. The van der Waals surface area contributed by atoms with Crippen LogP contribution < -0.4 is 54.4 Å². The first-order valence-corrected chi connectivity index (χ1v) is 49.1. The molecule has 0 saturated carbocycles. The summed E-state index contributed by atoms with van der Waals surface area (Å²) < 4.78 is 66.4. The molecule has 20 N–H and O–H groups in total. The lowest BCUT2D eigenvalue weighted by atomic mass is 9.94. The molecule has 2 aliphatic rings. The number of carboxylic acids is 1. The summed E-state index contributed by atoms with van der Waals surface area (Å²) in [5.74, 6) is -9.85. The molecule has 0 bridgehead atoms. The smallest absolute Gasteiger partial charge is 0.480 e. The average Bonchev–Trinajstić information content (AvgIpc) is 0.764. The summed E-state index contributed by atoms with van der Waals surface area (Å²) in [5, 5.41) is 69.1. The maximum Gasteiger partial charge on any atom is 0.483 e. The SMILES string of the molecule is CC(=O)N[C@H]1[C@H](O[C@H]2[C@H](O[C@H](C)C(=O)N[C@@H](C)C(=O)N[C@H](CCC(=O)N[C@H](CCCCNC(=O)C[C@@H](N)C(N)=O)C(=O)N[C@@H](C)C(=O)O)C(N)=O)[C@@H](NC(C)=O)[C@@H](OP(=O)(O)OP(=O)(O)OC/C=C(/C)CC/C=C(/C)CC/C=C(/C)CC/C=C(/C)CC/C=C(/C)CC/C=C(/C)CC/C=C(/C)CC/C=C(/C)CC/C=C(\C)CC/C=C(\C)CCC=C(C)C)O[C@@H]2CO)O[C@H](CO)[C@@H](O)[C@@H]1O. The Bertz CT molecular complexity index is 4210. The van der Waals surface area contributed by atoms with E-state index in [4.69, 9.17) is 45.2 Å². The van der Waals surface area contributed by atoms with Gasteiger partial charge in [-0.05, 0) is 258 Å². The fourth-order valence-corrected chi connectivity index (χ4v) is 16.3. The molecule has 2 heterocycles. The minimum Gasteiger partial charge on any atom is -0.480 e. The number of phosphoric acid groups is 2. The number of carbonyl (C=O) groups is 10. The van der Waals surface area contributed by atoms with Crippen molar-refractivity contribution in [1.82, 2.24) is 37.2 Å². The van der Waals surface area contributed by atoms with Gasteiger partial charge in [0, 0.05) is 26.8 Å². The van der Waals surface area contributed by atoms with Gasteiger partial charge in [0.2, 0.25) is 53.2 Å². The van der Waals surface area contributed by atoms with E-state index in [1.807, 2.05) is 6.92 Å². The molecule has 18 atom stereocenters. The first kappa shape index (κ1) is 121. The van der Waals surface area contributed by atoms with Gasteiger partial charge in [0.25, 0.3) is 0 Å². The molecule has 2 saturated heterocycles. The van der Waals surface area contributed by atoms with Crippen LogP contribution in [-0.4, -0.2) is 218 Å². The summed E-state index contributed by atoms with van der Waals surface area (Å²) in [6.45, 7) is 28.6. The fraction of sp³-hybridized carbons (Fsp3) is 0.663. The van der Waals surface area contributed by atoms with Crippen molar-refractivity contribution >= 4 is 74.8 Å². The molecule has 9 amide bonds. The number of phosphoric ester groups is 2. The number of carbonyl (C=O) groups excluding carboxylic acids is 9. The molecule has 754 valence electrons. The molecular weight excluding hydrogens is 1760 g/mol. The molecule has 133 heavy (non-hydrogen) atoms. The van der Waals surface area contributed by atoms with Crippen LogP contribution in [0.2, 0.25) is 0 Å². The zero-order valence-corrected chi connectivity index (χ0v) is 83.1. The van der Waals surface area contributed by atoms with Gasteiger partial charge >= 0.3 is 21.6 Å². The Morgan fingerprint density at radius 1 is 0.436 bits per heavy atom. The first-order valence-electron chi connectivity index (χ1n) is 46.1. The predicted molar refractivity (Wildman–Crippen MR) is 509 cm³/mol. The Balaban J connectivity index is 2.09. The van der Waals surface area contributed by atoms with Gasteiger partial charge in [0.15, 0.2) is 12.6 Å². The van der Waals surface area contributed by atoms with Crippen LogP contribution in [0.15, 0.2) is 128 Å². The van der Waals surface area contributed by atoms with Gasteiger partial charge in [-0.15, -0.1) is 0 Å². The summed E-state index contributed by atoms with van der Waals surface area (Å²) in [7, 11) is -11.5. The van der Waals surface area contributed by atoms with E-state index in [-0.39, 0.29) is 32.2 Å². The Morgan fingerprint density at radius 2 is 0.842 bits per heavy atom. The van der Waals surface area contributed by atoms with Crippen LogP contribution in [-0.2, 0) is 89.4 Å². The minimum atomic E-state index is -5.95. The van der Waals surface area contributed by atoms with E-state index in [9.17, 15) is 92.4 Å². The predicted octanol–water partition coefficient (Wildman–Crippen LogP) is 10.6. The zero-order chi connectivity index (χ0) is 100. The number of primary amides is 2. The van der Waals surface area contributed by atoms with Crippen molar-refractivity contribution in [2.24, 2.45) is 17.2 Å². The highest BCUT2D eigenvalue weighted by atomic mass is 31.3. The molecule has 0 aliphatic carbocycles. The topological polar surface area (TPSA) is 573 Å². The van der Waals surface area contributed by atoms with Crippen molar-refractivity contribution in [1.29, 1.82) is 0 Å². The van der Waals surface area contributed by atoms with E-state index in [2.05, 4.69) is 172 Å². The van der Waals surface area contributed by atoms with Gasteiger partial charge in [0.05, 0.1) is 32.3 Å². The fourth-order valence-electron chi connectivity index (χ4n) is 14.2. The van der Waals surface area contributed by atoms with Gasteiger partial charge in [0.1, 0.15) is 79.0 Å². The van der Waals surface area contributed by atoms with E-state index in [1.165, 1.54) is 63.2 Å². The molecule has 0 spiro atoms. The number of nitrogens with one attached hydrogen (secondary N) is 7. The number of allylic oxidation sites excluding steroid dienone is 21. The summed E-state index contributed by atoms with van der Waals surface area (Å²) >= 11 is 0. The van der Waals surface area contributed by atoms with E-state index >= 15 is 0 Å². The third-order valence-electron chi connectivity index (χ3n) is 22.4. The lowest BCUT2D eigenvalue weighted by Crippen LogP contribution is -2.70. The highest BCUT2D eigenvalue weighted by molar-refractivity contribution is 7.61. The summed E-state index contributed by atoms with van der Waals surface area (Å²) in [6, 6.07) is -10.9. The number of carboxylic acid groups (broad SMARTS) is 1. The van der Waals surface area contributed by atoms with Crippen LogP contribution in [0.25, 0.3) is 0 Å². The van der Waals surface area contributed by atoms with Gasteiger partial charge in [-0.2, -0.15) is 4.31 Å². The molecule has 0 aromatic carbocycles. The molecule has 2 unspecified atom stereocenters. The number of amides is 9. The quantitative estimate of drug-likeness (QED) is 0.0153. The Hall–Kier alpha value is -8.26. The number of aliphatic hydroxyl groups is 4. The third-order valence-corrected chi connectivity index (χ3v) is 25.0. The number of hydrogen-bond acceptors (Lipinski definition) is 24. The van der Waals surface area contributed by atoms with Crippen molar-refractivity contribution in [3.8, 4) is 0 Å². The molecule has 0 aromatic rings. The van der Waals surface area contributed by atoms with Crippen molar-refractivity contribution in [3.05, 3.63) is 128 Å². The minimum absolute atomic E-state index is 0.0503. The van der Waals surface area contributed by atoms with Crippen molar-refractivity contribution in [2.75, 3.05) is 26.4 Å². The largest absolute Gasteiger partial charge is 0.483 e.